The molecule has 0 atom stereocenters. The number of guanidine groups is 1. The zero-order valence-electron chi connectivity index (χ0n) is 16.0. The molecule has 0 fully saturated rings. The molecule has 0 unspecified atom stereocenters. The van der Waals surface area contributed by atoms with E-state index in [1.807, 2.05) is 43.3 Å². The van der Waals surface area contributed by atoms with Crippen LogP contribution in [-0.4, -0.2) is 32.5 Å². The van der Waals surface area contributed by atoms with Crippen molar-refractivity contribution in [3.8, 4) is 23.0 Å². The van der Waals surface area contributed by atoms with Crippen molar-refractivity contribution in [3.05, 3.63) is 47.5 Å². The van der Waals surface area contributed by atoms with Crippen LogP contribution in [0.3, 0.4) is 0 Å². The number of hydrogen-bond donors (Lipinski definition) is 2. The SMILES string of the molecule is CCNC(=NCc1ccc2c(c1)OCCCO2)NCc1ccc2c(c1)OCO2. The summed E-state index contributed by atoms with van der Waals surface area (Å²) in [6.45, 7) is 5.68. The molecule has 0 bridgehead atoms. The summed E-state index contributed by atoms with van der Waals surface area (Å²) >= 11 is 0. The normalized spacial score (nSPS) is 15.1. The molecule has 2 aromatic rings. The van der Waals surface area contributed by atoms with Crippen LogP contribution in [0.2, 0.25) is 0 Å². The van der Waals surface area contributed by atoms with Crippen LogP contribution in [0.5, 0.6) is 23.0 Å². The Kier molecular flexibility index (Phi) is 5.70. The Labute approximate surface area is 164 Å². The fourth-order valence-corrected chi connectivity index (χ4v) is 3.05. The monoisotopic (exact) mass is 383 g/mol. The molecule has 0 amide bonds. The van der Waals surface area contributed by atoms with Crippen molar-refractivity contribution >= 4 is 5.96 Å². The molecule has 0 radical (unpaired) electrons. The van der Waals surface area contributed by atoms with Gasteiger partial charge in [0.05, 0.1) is 19.8 Å². The van der Waals surface area contributed by atoms with Gasteiger partial charge in [0.2, 0.25) is 6.79 Å². The summed E-state index contributed by atoms with van der Waals surface area (Å²) in [7, 11) is 0. The highest BCUT2D eigenvalue weighted by molar-refractivity contribution is 5.79. The molecule has 0 spiro atoms. The number of benzene rings is 2. The number of fused-ring (bicyclic) bond motifs is 2. The molecule has 2 N–H and O–H groups in total. The molecule has 28 heavy (non-hydrogen) atoms. The van der Waals surface area contributed by atoms with Crippen molar-refractivity contribution in [1.82, 2.24) is 10.6 Å². The van der Waals surface area contributed by atoms with E-state index in [2.05, 4.69) is 15.6 Å². The van der Waals surface area contributed by atoms with Crippen LogP contribution in [0, 0.1) is 0 Å². The second-order valence-corrected chi connectivity index (χ2v) is 6.57. The first-order chi connectivity index (χ1) is 13.8. The molecule has 0 aliphatic carbocycles. The fourth-order valence-electron chi connectivity index (χ4n) is 3.05. The lowest BCUT2D eigenvalue weighted by atomic mass is 10.2. The minimum atomic E-state index is 0.284. The van der Waals surface area contributed by atoms with Crippen molar-refractivity contribution in [1.29, 1.82) is 0 Å². The maximum absolute atomic E-state index is 5.76. The Morgan fingerprint density at radius 2 is 1.54 bits per heavy atom. The van der Waals surface area contributed by atoms with E-state index >= 15 is 0 Å². The molecule has 2 aliphatic heterocycles. The Bertz CT molecular complexity index is 854. The zero-order chi connectivity index (χ0) is 19.2. The highest BCUT2D eigenvalue weighted by Gasteiger charge is 2.13. The number of rotatable bonds is 5. The van der Waals surface area contributed by atoms with Gasteiger partial charge in [-0.05, 0) is 42.3 Å². The van der Waals surface area contributed by atoms with Gasteiger partial charge in [0.25, 0.3) is 0 Å². The van der Waals surface area contributed by atoms with Crippen molar-refractivity contribution in [3.63, 3.8) is 0 Å². The molecular weight excluding hydrogens is 358 g/mol. The first-order valence-electron chi connectivity index (χ1n) is 9.61. The number of nitrogens with zero attached hydrogens (tertiary/aromatic N) is 1. The van der Waals surface area contributed by atoms with Gasteiger partial charge in [0.15, 0.2) is 29.0 Å². The molecule has 2 heterocycles. The van der Waals surface area contributed by atoms with Crippen LogP contribution in [0.1, 0.15) is 24.5 Å². The van der Waals surface area contributed by atoms with Gasteiger partial charge in [-0.3, -0.25) is 0 Å². The van der Waals surface area contributed by atoms with Gasteiger partial charge in [0, 0.05) is 19.5 Å². The van der Waals surface area contributed by atoms with E-state index in [0.717, 1.165) is 53.1 Å². The second-order valence-electron chi connectivity index (χ2n) is 6.57. The second kappa shape index (κ2) is 8.73. The molecule has 2 aliphatic rings. The van der Waals surface area contributed by atoms with Crippen LogP contribution in [0.4, 0.5) is 0 Å². The molecular formula is C21H25N3O4. The summed E-state index contributed by atoms with van der Waals surface area (Å²) in [5.41, 5.74) is 2.18. The molecule has 0 aromatic heterocycles. The lowest BCUT2D eigenvalue weighted by molar-refractivity contribution is 0.174. The van der Waals surface area contributed by atoms with Crippen LogP contribution in [0.25, 0.3) is 0 Å². The van der Waals surface area contributed by atoms with E-state index in [0.29, 0.717) is 26.3 Å². The van der Waals surface area contributed by atoms with Gasteiger partial charge in [-0.1, -0.05) is 12.1 Å². The Balaban J connectivity index is 1.40. The summed E-state index contributed by atoms with van der Waals surface area (Å²) in [6, 6.07) is 11.9. The van der Waals surface area contributed by atoms with Crippen molar-refractivity contribution < 1.29 is 18.9 Å². The van der Waals surface area contributed by atoms with Crippen LogP contribution in [0.15, 0.2) is 41.4 Å². The highest BCUT2D eigenvalue weighted by atomic mass is 16.7. The molecule has 2 aromatic carbocycles. The van der Waals surface area contributed by atoms with Gasteiger partial charge >= 0.3 is 0 Å². The Morgan fingerprint density at radius 3 is 2.39 bits per heavy atom. The fraction of sp³-hybridized carbons (Fsp3) is 0.381. The summed E-state index contributed by atoms with van der Waals surface area (Å²) < 4.78 is 22.2. The highest BCUT2D eigenvalue weighted by Crippen LogP contribution is 2.32. The van der Waals surface area contributed by atoms with Gasteiger partial charge in [-0.15, -0.1) is 0 Å². The van der Waals surface area contributed by atoms with E-state index in [4.69, 9.17) is 18.9 Å². The Hall–Kier alpha value is -3.09. The van der Waals surface area contributed by atoms with E-state index in [-0.39, 0.29) is 6.79 Å². The quantitative estimate of drug-likeness (QED) is 0.611. The standard InChI is InChI=1S/C21H25N3O4/c1-2-22-21(24-13-16-5-7-18-20(11-16)28-14-27-18)23-12-15-4-6-17-19(10-15)26-9-3-8-25-17/h4-7,10-11H,2-3,8-9,12-14H2,1H3,(H2,22,23,24). The van der Waals surface area contributed by atoms with Gasteiger partial charge < -0.3 is 29.6 Å². The summed E-state index contributed by atoms with van der Waals surface area (Å²) in [5, 5.41) is 6.63. The topological polar surface area (TPSA) is 73.3 Å². The predicted molar refractivity (Wildman–Crippen MR) is 106 cm³/mol. The van der Waals surface area contributed by atoms with Crippen molar-refractivity contribution in [2.75, 3.05) is 26.6 Å². The summed E-state index contributed by atoms with van der Waals surface area (Å²) in [4.78, 5) is 4.69. The molecule has 7 nitrogen and oxygen atoms in total. The lowest BCUT2D eigenvalue weighted by Gasteiger charge is -2.12. The first-order valence-corrected chi connectivity index (χ1v) is 9.61. The van der Waals surface area contributed by atoms with Crippen molar-refractivity contribution in [2.45, 2.75) is 26.4 Å². The van der Waals surface area contributed by atoms with Crippen LogP contribution >= 0.6 is 0 Å². The third kappa shape index (κ3) is 4.42. The molecule has 4 rings (SSSR count). The Morgan fingerprint density at radius 1 is 0.857 bits per heavy atom. The van der Waals surface area contributed by atoms with E-state index in [1.165, 1.54) is 0 Å². The van der Waals surface area contributed by atoms with E-state index in [1.54, 1.807) is 0 Å². The lowest BCUT2D eigenvalue weighted by Crippen LogP contribution is -2.36. The molecule has 7 heteroatoms. The number of nitrogens with one attached hydrogen (secondary N) is 2. The number of aliphatic imine (C=N–C) groups is 1. The maximum Gasteiger partial charge on any atom is 0.231 e. The minimum absolute atomic E-state index is 0.284. The largest absolute Gasteiger partial charge is 0.490 e. The number of ether oxygens (including phenoxy) is 4. The summed E-state index contributed by atoms with van der Waals surface area (Å²) in [5.74, 6) is 3.93. The predicted octanol–water partition coefficient (Wildman–Crippen LogP) is 2.83. The van der Waals surface area contributed by atoms with E-state index < -0.39 is 0 Å². The third-order valence-electron chi connectivity index (χ3n) is 4.47. The average Bonchev–Trinajstić information content (AvgIpc) is 3.06. The van der Waals surface area contributed by atoms with Gasteiger partial charge in [-0.2, -0.15) is 0 Å². The van der Waals surface area contributed by atoms with Crippen LogP contribution in [-0.2, 0) is 13.1 Å². The first kappa shape index (κ1) is 18.3. The zero-order valence-corrected chi connectivity index (χ0v) is 16.0. The van der Waals surface area contributed by atoms with Crippen molar-refractivity contribution in [2.24, 2.45) is 4.99 Å². The smallest absolute Gasteiger partial charge is 0.231 e. The third-order valence-corrected chi connectivity index (χ3v) is 4.47. The minimum Gasteiger partial charge on any atom is -0.490 e. The molecule has 0 saturated carbocycles. The molecule has 0 saturated heterocycles. The van der Waals surface area contributed by atoms with Gasteiger partial charge in [-0.25, -0.2) is 4.99 Å². The van der Waals surface area contributed by atoms with Gasteiger partial charge in [0.1, 0.15) is 0 Å². The average molecular weight is 383 g/mol. The number of hydrogen-bond acceptors (Lipinski definition) is 5. The summed E-state index contributed by atoms with van der Waals surface area (Å²) in [6.07, 6.45) is 0.899. The van der Waals surface area contributed by atoms with Crippen LogP contribution < -0.4 is 29.6 Å². The molecule has 148 valence electrons. The maximum atomic E-state index is 5.76. The van der Waals surface area contributed by atoms with E-state index in [9.17, 15) is 0 Å².